The fraction of sp³-hybridized carbons (Fsp3) is 0.238. The van der Waals surface area contributed by atoms with Gasteiger partial charge in [-0.15, -0.1) is 0 Å². The topological polar surface area (TPSA) is 75.3 Å². The number of hydrogen-bond donors (Lipinski definition) is 3. The van der Waals surface area contributed by atoms with Crippen molar-refractivity contribution < 1.29 is 13.2 Å². The smallest absolute Gasteiger partial charge is 0.360 e. The van der Waals surface area contributed by atoms with Crippen LogP contribution in [0.25, 0.3) is 10.4 Å². The van der Waals surface area contributed by atoms with Crippen molar-refractivity contribution in [1.29, 1.82) is 0 Å². The average molecular weight is 434 g/mol. The normalized spacial score (nSPS) is 12.4. The predicted octanol–water partition coefficient (Wildman–Crippen LogP) is 4.63. The lowest BCUT2D eigenvalue weighted by atomic mass is 10.0. The summed E-state index contributed by atoms with van der Waals surface area (Å²) in [6.07, 6.45) is -0.464. The first-order valence-corrected chi connectivity index (χ1v) is 10.1. The SMILES string of the molecule is Cc1ccc(C(F)(F)F)cc1.NCCNc1ncc(-c2ccc3c(c2)C=NNC3)s1. The Morgan fingerprint density at radius 2 is 1.93 bits per heavy atom. The van der Waals surface area contributed by atoms with Gasteiger partial charge in [-0.3, -0.25) is 0 Å². The van der Waals surface area contributed by atoms with Gasteiger partial charge in [0.2, 0.25) is 0 Å². The Hall–Kier alpha value is -2.91. The summed E-state index contributed by atoms with van der Waals surface area (Å²) in [5.74, 6) is 0. The van der Waals surface area contributed by atoms with Crippen LogP contribution in [0.1, 0.15) is 22.3 Å². The Bertz CT molecular complexity index is 997. The maximum atomic E-state index is 11.9. The fourth-order valence-corrected chi connectivity index (χ4v) is 3.52. The van der Waals surface area contributed by atoms with E-state index in [-0.39, 0.29) is 0 Å². The van der Waals surface area contributed by atoms with Crippen LogP contribution in [0.3, 0.4) is 0 Å². The largest absolute Gasteiger partial charge is 0.416 e. The zero-order chi connectivity index (χ0) is 21.6. The standard InChI is InChI=1S/C13H15N5S.C8H7F3/c14-3-4-15-13-16-8-12(19-13)9-1-2-10-6-17-18-7-11(10)5-9;1-6-2-4-7(5-3-6)8(9,10)11/h1-2,5,7-8,17H,3-4,6,14H2,(H,15,16);2-5H,1H3. The van der Waals surface area contributed by atoms with E-state index in [4.69, 9.17) is 5.73 Å². The van der Waals surface area contributed by atoms with Crippen molar-refractivity contribution in [2.75, 3.05) is 18.4 Å². The average Bonchev–Trinajstić information content (AvgIpc) is 3.21. The molecule has 0 saturated heterocycles. The van der Waals surface area contributed by atoms with Crippen molar-refractivity contribution in [1.82, 2.24) is 10.4 Å². The molecule has 5 nitrogen and oxygen atoms in total. The van der Waals surface area contributed by atoms with Gasteiger partial charge in [-0.25, -0.2) is 4.98 Å². The maximum absolute atomic E-state index is 11.9. The maximum Gasteiger partial charge on any atom is 0.416 e. The van der Waals surface area contributed by atoms with E-state index in [1.807, 2.05) is 12.4 Å². The molecule has 0 amide bonds. The minimum absolute atomic E-state index is 0.594. The number of fused-ring (bicyclic) bond motifs is 1. The van der Waals surface area contributed by atoms with Crippen molar-refractivity contribution in [3.63, 3.8) is 0 Å². The van der Waals surface area contributed by atoms with Gasteiger partial charge in [-0.2, -0.15) is 18.3 Å². The van der Waals surface area contributed by atoms with Gasteiger partial charge in [-0.1, -0.05) is 41.2 Å². The number of thiazole rings is 1. The van der Waals surface area contributed by atoms with Gasteiger partial charge in [0.25, 0.3) is 0 Å². The molecule has 9 heteroatoms. The van der Waals surface area contributed by atoms with E-state index in [1.54, 1.807) is 18.3 Å². The number of benzene rings is 2. The molecule has 0 fully saturated rings. The first-order valence-electron chi connectivity index (χ1n) is 9.29. The van der Waals surface area contributed by atoms with Gasteiger partial charge in [0.15, 0.2) is 5.13 Å². The number of nitrogens with zero attached hydrogens (tertiary/aromatic N) is 2. The highest BCUT2D eigenvalue weighted by Gasteiger charge is 2.29. The zero-order valence-corrected chi connectivity index (χ0v) is 17.1. The number of aryl methyl sites for hydroxylation is 1. The van der Waals surface area contributed by atoms with E-state index in [0.29, 0.717) is 6.54 Å². The molecule has 0 saturated carbocycles. The van der Waals surface area contributed by atoms with Crippen LogP contribution in [0, 0.1) is 6.92 Å². The second kappa shape index (κ2) is 9.73. The van der Waals surface area contributed by atoms with Gasteiger partial charge >= 0.3 is 6.18 Å². The zero-order valence-electron chi connectivity index (χ0n) is 16.3. The molecule has 1 aliphatic rings. The van der Waals surface area contributed by atoms with Crippen LogP contribution in [0.2, 0.25) is 0 Å². The molecule has 0 atom stereocenters. The Labute approximate surface area is 176 Å². The van der Waals surface area contributed by atoms with E-state index in [1.165, 1.54) is 28.8 Å². The number of halogens is 3. The number of hydrogen-bond acceptors (Lipinski definition) is 6. The fourth-order valence-electron chi connectivity index (χ4n) is 2.69. The molecule has 2 heterocycles. The summed E-state index contributed by atoms with van der Waals surface area (Å²) in [6, 6.07) is 11.5. The predicted molar refractivity (Wildman–Crippen MR) is 116 cm³/mol. The summed E-state index contributed by atoms with van der Waals surface area (Å²) in [4.78, 5) is 5.50. The summed E-state index contributed by atoms with van der Waals surface area (Å²) in [5.41, 5.74) is 12.3. The van der Waals surface area contributed by atoms with Crippen molar-refractivity contribution in [2.45, 2.75) is 19.6 Å². The summed E-state index contributed by atoms with van der Waals surface area (Å²) in [6.45, 7) is 3.89. The number of alkyl halides is 3. The molecule has 2 aromatic carbocycles. The van der Waals surface area contributed by atoms with Crippen LogP contribution in [-0.4, -0.2) is 24.3 Å². The highest BCUT2D eigenvalue weighted by molar-refractivity contribution is 7.18. The first-order chi connectivity index (χ1) is 14.4. The molecule has 0 aliphatic carbocycles. The second-order valence-corrected chi connectivity index (χ2v) is 7.65. The lowest BCUT2D eigenvalue weighted by molar-refractivity contribution is -0.137. The summed E-state index contributed by atoms with van der Waals surface area (Å²) in [7, 11) is 0. The van der Waals surface area contributed by atoms with E-state index >= 15 is 0 Å². The van der Waals surface area contributed by atoms with Gasteiger partial charge in [-0.05, 0) is 36.2 Å². The molecule has 0 unspecified atom stereocenters. The number of nitrogens with two attached hydrogens (primary N) is 1. The Morgan fingerprint density at radius 1 is 1.17 bits per heavy atom. The summed E-state index contributed by atoms with van der Waals surface area (Å²) in [5, 5.41) is 8.19. The Morgan fingerprint density at radius 3 is 2.63 bits per heavy atom. The molecule has 158 valence electrons. The molecular weight excluding hydrogens is 411 g/mol. The van der Waals surface area contributed by atoms with Gasteiger partial charge in [0.1, 0.15) is 0 Å². The number of nitrogens with one attached hydrogen (secondary N) is 2. The Balaban J connectivity index is 0.000000199. The van der Waals surface area contributed by atoms with E-state index in [2.05, 4.69) is 39.0 Å². The number of hydrazone groups is 1. The molecule has 0 bridgehead atoms. The van der Waals surface area contributed by atoms with E-state index in [0.717, 1.165) is 40.8 Å². The van der Waals surface area contributed by atoms with E-state index in [9.17, 15) is 13.2 Å². The monoisotopic (exact) mass is 433 g/mol. The Kier molecular flexibility index (Phi) is 7.07. The highest BCUT2D eigenvalue weighted by atomic mass is 32.1. The quantitative estimate of drug-likeness (QED) is 0.561. The molecule has 3 aromatic rings. The van der Waals surface area contributed by atoms with Crippen molar-refractivity contribution >= 4 is 22.7 Å². The number of aromatic nitrogens is 1. The summed E-state index contributed by atoms with van der Waals surface area (Å²) >= 11 is 1.64. The minimum atomic E-state index is -4.21. The van der Waals surface area contributed by atoms with Crippen molar-refractivity contribution in [3.8, 4) is 10.4 Å². The lowest BCUT2D eigenvalue weighted by Crippen LogP contribution is -2.13. The minimum Gasteiger partial charge on any atom is -0.360 e. The molecule has 0 spiro atoms. The first kappa shape index (κ1) is 21.8. The molecule has 4 rings (SSSR count). The lowest BCUT2D eigenvalue weighted by Gasteiger charge is -2.11. The summed E-state index contributed by atoms with van der Waals surface area (Å²) < 4.78 is 35.8. The van der Waals surface area contributed by atoms with Gasteiger partial charge in [0.05, 0.1) is 23.2 Å². The third-order valence-corrected chi connectivity index (χ3v) is 5.30. The number of anilines is 1. The third kappa shape index (κ3) is 5.80. The third-order valence-electron chi connectivity index (χ3n) is 4.30. The molecular formula is C21H22F3N5S. The van der Waals surface area contributed by atoms with Crippen molar-refractivity contribution in [3.05, 3.63) is 70.9 Å². The van der Waals surface area contributed by atoms with Gasteiger partial charge in [0, 0.05) is 24.8 Å². The van der Waals surface area contributed by atoms with Gasteiger partial charge < -0.3 is 16.5 Å². The molecule has 1 aromatic heterocycles. The van der Waals surface area contributed by atoms with Crippen LogP contribution in [0.4, 0.5) is 18.3 Å². The van der Waals surface area contributed by atoms with Crippen LogP contribution in [0.5, 0.6) is 0 Å². The van der Waals surface area contributed by atoms with Crippen LogP contribution in [-0.2, 0) is 12.7 Å². The molecule has 30 heavy (non-hydrogen) atoms. The second-order valence-electron chi connectivity index (χ2n) is 6.62. The molecule has 4 N–H and O–H groups in total. The number of rotatable bonds is 4. The van der Waals surface area contributed by atoms with Crippen LogP contribution < -0.4 is 16.5 Å². The van der Waals surface area contributed by atoms with Crippen LogP contribution in [0.15, 0.2) is 53.8 Å². The molecule has 1 aliphatic heterocycles. The molecule has 0 radical (unpaired) electrons. The van der Waals surface area contributed by atoms with Crippen molar-refractivity contribution in [2.24, 2.45) is 10.8 Å². The van der Waals surface area contributed by atoms with E-state index < -0.39 is 11.7 Å². The van der Waals surface area contributed by atoms with Crippen LogP contribution >= 0.6 is 11.3 Å². The highest BCUT2D eigenvalue weighted by Crippen LogP contribution is 2.30.